The number of carbonyl (C=O) groups is 2. The third-order valence-corrected chi connectivity index (χ3v) is 2.94. The van der Waals surface area contributed by atoms with Crippen LogP contribution in [0.2, 0.25) is 0 Å². The lowest BCUT2D eigenvalue weighted by Crippen LogP contribution is -2.27. The predicted molar refractivity (Wildman–Crippen MR) is 59.1 cm³/mol. The van der Waals surface area contributed by atoms with Crippen molar-refractivity contribution in [2.24, 2.45) is 5.92 Å². The van der Waals surface area contributed by atoms with Crippen LogP contribution in [0.5, 0.6) is 0 Å². The van der Waals surface area contributed by atoms with Crippen molar-refractivity contribution < 1.29 is 9.59 Å². The Balaban J connectivity index is 3.22. The van der Waals surface area contributed by atoms with E-state index in [9.17, 15) is 9.59 Å². The molecule has 0 aromatic carbocycles. The maximum Gasteiger partial charge on any atom is 0.158 e. The highest BCUT2D eigenvalue weighted by molar-refractivity contribution is 6.01. The van der Waals surface area contributed by atoms with Crippen LogP contribution in [0.25, 0.3) is 0 Å². The molecule has 1 unspecified atom stereocenters. The molecule has 0 spiro atoms. The molecular weight excluding hydrogens is 190 g/mol. The van der Waals surface area contributed by atoms with Crippen LogP contribution in [0, 0.1) is 5.92 Å². The minimum atomic E-state index is -0.0869. The molecular formula is C12H17NO2. The highest BCUT2D eigenvalue weighted by Gasteiger charge is 2.27. The molecule has 0 aliphatic carbocycles. The minimum Gasteiger partial charge on any atom is -0.354 e. The lowest BCUT2D eigenvalue weighted by molar-refractivity contribution is -0.114. The minimum absolute atomic E-state index is 0.0283. The zero-order valence-electron chi connectivity index (χ0n) is 9.92. The van der Waals surface area contributed by atoms with Gasteiger partial charge in [0.05, 0.1) is 0 Å². The fourth-order valence-corrected chi connectivity index (χ4v) is 2.03. The number of carbonyl (C=O) groups excluding carboxylic acids is 2. The molecule has 0 saturated carbocycles. The van der Waals surface area contributed by atoms with Crippen LogP contribution < -0.4 is 0 Å². The third kappa shape index (κ3) is 2.01. The van der Waals surface area contributed by atoms with E-state index >= 15 is 0 Å². The van der Waals surface area contributed by atoms with Crippen molar-refractivity contribution in [2.75, 3.05) is 7.05 Å². The second-order valence-corrected chi connectivity index (χ2v) is 4.03. The highest BCUT2D eigenvalue weighted by atomic mass is 16.1. The standard InChI is InChI=1S/C12H17NO2/c1-7-11(9(3)14)6-13(5)8(2)12(7)10(4)15/h6-7H,1-5H3. The van der Waals surface area contributed by atoms with Crippen LogP contribution in [0.15, 0.2) is 23.0 Å². The molecule has 0 aromatic rings. The molecule has 0 radical (unpaired) electrons. The van der Waals surface area contributed by atoms with Crippen molar-refractivity contribution >= 4 is 11.6 Å². The molecule has 1 aliphatic heterocycles. The quantitative estimate of drug-likeness (QED) is 0.694. The fraction of sp³-hybridized carbons (Fsp3) is 0.500. The molecule has 0 saturated heterocycles. The van der Waals surface area contributed by atoms with Gasteiger partial charge in [-0.1, -0.05) is 6.92 Å². The van der Waals surface area contributed by atoms with Crippen molar-refractivity contribution in [3.8, 4) is 0 Å². The molecule has 0 fully saturated rings. The maximum absolute atomic E-state index is 11.5. The van der Waals surface area contributed by atoms with Gasteiger partial charge in [0, 0.05) is 36.0 Å². The van der Waals surface area contributed by atoms with Crippen molar-refractivity contribution in [3.05, 3.63) is 23.0 Å². The first kappa shape index (κ1) is 11.7. The number of allylic oxidation sites excluding steroid dienone is 3. The summed E-state index contributed by atoms with van der Waals surface area (Å²) in [5.74, 6) is -0.0181. The summed E-state index contributed by atoms with van der Waals surface area (Å²) in [6.45, 7) is 6.89. The number of Topliss-reactive ketones (excluding diaryl/α,β-unsaturated/α-hetero) is 2. The molecule has 82 valence electrons. The highest BCUT2D eigenvalue weighted by Crippen LogP contribution is 2.30. The summed E-state index contributed by atoms with van der Waals surface area (Å²) in [5, 5.41) is 0. The molecule has 3 heteroatoms. The van der Waals surface area contributed by atoms with E-state index in [0.29, 0.717) is 5.57 Å². The Labute approximate surface area is 90.5 Å². The summed E-state index contributed by atoms with van der Waals surface area (Å²) in [7, 11) is 1.85. The average molecular weight is 207 g/mol. The maximum atomic E-state index is 11.5. The van der Waals surface area contributed by atoms with E-state index in [0.717, 1.165) is 11.3 Å². The van der Waals surface area contributed by atoms with E-state index in [4.69, 9.17) is 0 Å². The van der Waals surface area contributed by atoms with Crippen LogP contribution in [0.4, 0.5) is 0 Å². The van der Waals surface area contributed by atoms with Crippen molar-refractivity contribution in [1.29, 1.82) is 0 Å². The van der Waals surface area contributed by atoms with Crippen molar-refractivity contribution in [3.63, 3.8) is 0 Å². The van der Waals surface area contributed by atoms with Gasteiger partial charge in [-0.05, 0) is 20.8 Å². The van der Waals surface area contributed by atoms with Crippen LogP contribution in [-0.2, 0) is 9.59 Å². The molecule has 1 aliphatic rings. The van der Waals surface area contributed by atoms with Crippen LogP contribution in [0.1, 0.15) is 27.7 Å². The summed E-state index contributed by atoms with van der Waals surface area (Å²) >= 11 is 0. The van der Waals surface area contributed by atoms with Gasteiger partial charge in [-0.25, -0.2) is 0 Å². The molecule has 0 aromatic heterocycles. The lowest BCUT2D eigenvalue weighted by Gasteiger charge is -2.29. The molecule has 0 amide bonds. The van der Waals surface area contributed by atoms with Gasteiger partial charge in [-0.2, -0.15) is 0 Å². The molecule has 15 heavy (non-hydrogen) atoms. The predicted octanol–water partition coefficient (Wildman–Crippen LogP) is 1.90. The number of hydrogen-bond acceptors (Lipinski definition) is 3. The Morgan fingerprint density at radius 3 is 2.20 bits per heavy atom. The van der Waals surface area contributed by atoms with Crippen LogP contribution in [0.3, 0.4) is 0 Å². The van der Waals surface area contributed by atoms with E-state index in [1.54, 1.807) is 6.92 Å². The SMILES string of the molecule is CC(=O)C1=CN(C)C(C)=C(C(C)=O)C1C. The van der Waals surface area contributed by atoms with E-state index in [-0.39, 0.29) is 17.5 Å². The summed E-state index contributed by atoms with van der Waals surface area (Å²) in [5.41, 5.74) is 2.37. The van der Waals surface area contributed by atoms with Gasteiger partial charge >= 0.3 is 0 Å². The number of rotatable bonds is 2. The Kier molecular flexibility index (Phi) is 3.12. The number of nitrogens with zero attached hydrogens (tertiary/aromatic N) is 1. The third-order valence-electron chi connectivity index (χ3n) is 2.94. The zero-order valence-corrected chi connectivity index (χ0v) is 9.92. The van der Waals surface area contributed by atoms with Gasteiger partial charge in [0.2, 0.25) is 0 Å². The Bertz CT molecular complexity index is 377. The van der Waals surface area contributed by atoms with Gasteiger partial charge < -0.3 is 4.90 Å². The second kappa shape index (κ2) is 4.01. The van der Waals surface area contributed by atoms with Crippen LogP contribution >= 0.6 is 0 Å². The lowest BCUT2D eigenvalue weighted by atomic mass is 9.85. The summed E-state index contributed by atoms with van der Waals surface area (Å²) in [4.78, 5) is 24.8. The van der Waals surface area contributed by atoms with Gasteiger partial charge in [-0.3, -0.25) is 9.59 Å². The first-order chi connectivity index (χ1) is 6.86. The van der Waals surface area contributed by atoms with E-state index < -0.39 is 0 Å². The Morgan fingerprint density at radius 1 is 1.27 bits per heavy atom. The Morgan fingerprint density at radius 2 is 1.80 bits per heavy atom. The van der Waals surface area contributed by atoms with E-state index in [1.807, 2.05) is 32.0 Å². The Hall–Kier alpha value is -1.38. The van der Waals surface area contributed by atoms with E-state index in [2.05, 4.69) is 0 Å². The van der Waals surface area contributed by atoms with Gasteiger partial charge in [0.1, 0.15) is 0 Å². The molecule has 0 bridgehead atoms. The second-order valence-electron chi connectivity index (χ2n) is 4.03. The summed E-state index contributed by atoms with van der Waals surface area (Å²) in [6, 6.07) is 0. The fourth-order valence-electron chi connectivity index (χ4n) is 2.03. The summed E-state index contributed by atoms with van der Waals surface area (Å²) in [6.07, 6.45) is 1.81. The average Bonchev–Trinajstić information content (AvgIpc) is 2.10. The van der Waals surface area contributed by atoms with Crippen LogP contribution in [-0.4, -0.2) is 23.5 Å². The molecule has 1 heterocycles. The first-order valence-electron chi connectivity index (χ1n) is 5.03. The monoisotopic (exact) mass is 207 g/mol. The topological polar surface area (TPSA) is 37.4 Å². The molecule has 1 atom stereocenters. The van der Waals surface area contributed by atoms with Gasteiger partial charge in [0.25, 0.3) is 0 Å². The molecule has 1 rings (SSSR count). The van der Waals surface area contributed by atoms with E-state index in [1.165, 1.54) is 6.92 Å². The zero-order chi connectivity index (χ0) is 11.7. The molecule has 0 N–H and O–H groups in total. The largest absolute Gasteiger partial charge is 0.354 e. The first-order valence-corrected chi connectivity index (χ1v) is 5.03. The molecule has 3 nitrogen and oxygen atoms in total. The van der Waals surface area contributed by atoms with Gasteiger partial charge in [-0.15, -0.1) is 0 Å². The summed E-state index contributed by atoms with van der Waals surface area (Å²) < 4.78 is 0. The van der Waals surface area contributed by atoms with Crippen molar-refractivity contribution in [2.45, 2.75) is 27.7 Å². The number of hydrogen-bond donors (Lipinski definition) is 0. The normalized spacial score (nSPS) is 21.5. The smallest absolute Gasteiger partial charge is 0.158 e. The number of ketones is 2. The van der Waals surface area contributed by atoms with Crippen molar-refractivity contribution in [1.82, 2.24) is 4.90 Å². The van der Waals surface area contributed by atoms with Gasteiger partial charge in [0.15, 0.2) is 11.6 Å².